The fraction of sp³-hybridized carbons (Fsp3) is 0.381. The van der Waals surface area contributed by atoms with Gasteiger partial charge in [-0.3, -0.25) is 4.79 Å². The van der Waals surface area contributed by atoms with Gasteiger partial charge in [0.05, 0.1) is 53.3 Å². The molecule has 6 heterocycles. The van der Waals surface area contributed by atoms with E-state index in [1.807, 2.05) is 55.0 Å². The van der Waals surface area contributed by atoms with Gasteiger partial charge < -0.3 is 32.8 Å². The highest BCUT2D eigenvalue weighted by atomic mass is 33.1. The molecule has 9 rings (SSSR count). The van der Waals surface area contributed by atoms with E-state index in [0.717, 1.165) is 75.0 Å². The van der Waals surface area contributed by atoms with Crippen molar-refractivity contribution in [2.24, 2.45) is 5.92 Å². The highest BCUT2D eigenvalue weighted by Crippen LogP contribution is 2.44. The SMILES string of the molecule is CC[C@@]1(OC(=O)OCSSCOC(=O)OC(CC2c3ccccc3-c3cncn32)C2CCCCC2)C(=O)OCc2c1cc1n(c2=O)Cc2cc3ccccc3nc2-1. The molecule has 0 spiro atoms. The van der Waals surface area contributed by atoms with E-state index in [9.17, 15) is 19.2 Å². The Morgan fingerprint density at radius 3 is 2.56 bits per heavy atom. The van der Waals surface area contributed by atoms with Crippen molar-refractivity contribution < 1.29 is 38.1 Å². The zero-order chi connectivity index (χ0) is 39.1. The molecule has 3 aromatic heterocycles. The van der Waals surface area contributed by atoms with Crippen LogP contribution in [0.3, 0.4) is 0 Å². The molecule has 15 heteroatoms. The molecule has 13 nitrogen and oxygen atoms in total. The van der Waals surface area contributed by atoms with Gasteiger partial charge in [0, 0.05) is 28.5 Å². The first-order valence-electron chi connectivity index (χ1n) is 19.2. The smallest absolute Gasteiger partial charge is 0.457 e. The van der Waals surface area contributed by atoms with Gasteiger partial charge in [0.1, 0.15) is 12.7 Å². The van der Waals surface area contributed by atoms with Crippen LogP contribution in [-0.4, -0.2) is 55.4 Å². The Bertz CT molecular complexity index is 2440. The predicted octanol–water partition coefficient (Wildman–Crippen LogP) is 8.50. The quantitative estimate of drug-likeness (QED) is 0.0405. The maximum atomic E-state index is 13.8. The second kappa shape index (κ2) is 15.6. The van der Waals surface area contributed by atoms with Gasteiger partial charge >= 0.3 is 18.3 Å². The van der Waals surface area contributed by atoms with Crippen LogP contribution in [-0.2, 0) is 47.2 Å². The van der Waals surface area contributed by atoms with Crippen molar-refractivity contribution in [2.75, 3.05) is 11.9 Å². The van der Waals surface area contributed by atoms with Crippen molar-refractivity contribution in [2.45, 2.75) is 82.8 Å². The van der Waals surface area contributed by atoms with Crippen molar-refractivity contribution in [1.82, 2.24) is 19.1 Å². The van der Waals surface area contributed by atoms with Gasteiger partial charge in [-0.2, -0.15) is 0 Å². The lowest BCUT2D eigenvalue weighted by Crippen LogP contribution is -2.47. The van der Waals surface area contributed by atoms with Crippen LogP contribution in [0.15, 0.2) is 78.0 Å². The normalized spacial score (nSPS) is 19.7. The van der Waals surface area contributed by atoms with Gasteiger partial charge in [0.25, 0.3) is 5.56 Å². The molecule has 0 bridgehead atoms. The lowest BCUT2D eigenvalue weighted by molar-refractivity contribution is -0.175. The molecule has 294 valence electrons. The summed E-state index contributed by atoms with van der Waals surface area (Å²) in [5.41, 5.74) is 4.51. The van der Waals surface area contributed by atoms with Crippen LogP contribution in [0.5, 0.6) is 0 Å². The van der Waals surface area contributed by atoms with Gasteiger partial charge in [0.2, 0.25) is 5.60 Å². The lowest BCUT2D eigenvalue weighted by atomic mass is 9.82. The number of imidazole rings is 1. The summed E-state index contributed by atoms with van der Waals surface area (Å²) >= 11 is 0. The first kappa shape index (κ1) is 37.3. The molecule has 2 aromatic carbocycles. The second-order valence-electron chi connectivity index (χ2n) is 14.7. The van der Waals surface area contributed by atoms with Crippen LogP contribution < -0.4 is 5.56 Å². The van der Waals surface area contributed by atoms with E-state index in [2.05, 4.69) is 21.7 Å². The molecular weight excluding hydrogens is 769 g/mol. The van der Waals surface area contributed by atoms with E-state index in [1.165, 1.54) is 12.0 Å². The summed E-state index contributed by atoms with van der Waals surface area (Å²) in [6.07, 6.45) is 7.52. The largest absolute Gasteiger partial charge is 0.510 e. The zero-order valence-electron chi connectivity index (χ0n) is 31.2. The number of rotatable bonds is 11. The summed E-state index contributed by atoms with van der Waals surface area (Å²) in [5.74, 6) is -0.762. The van der Waals surface area contributed by atoms with E-state index in [0.29, 0.717) is 24.4 Å². The van der Waals surface area contributed by atoms with Crippen LogP contribution in [0.1, 0.15) is 80.2 Å². The number of carbonyl (C=O) groups excluding carboxylic acids is 3. The number of carbonyl (C=O) groups is 3. The van der Waals surface area contributed by atoms with Gasteiger partial charge in [-0.1, -0.05) is 68.7 Å². The molecule has 57 heavy (non-hydrogen) atoms. The third-order valence-electron chi connectivity index (χ3n) is 11.7. The maximum Gasteiger partial charge on any atom is 0.510 e. The monoisotopic (exact) mass is 808 g/mol. The van der Waals surface area contributed by atoms with E-state index in [4.69, 9.17) is 28.7 Å². The van der Waals surface area contributed by atoms with Gasteiger partial charge in [-0.25, -0.2) is 24.4 Å². The first-order valence-corrected chi connectivity index (χ1v) is 21.7. The number of fused-ring (bicyclic) bond motifs is 8. The fourth-order valence-corrected chi connectivity index (χ4v) is 9.98. The summed E-state index contributed by atoms with van der Waals surface area (Å²) in [6, 6.07) is 19.7. The maximum absolute atomic E-state index is 13.8. The highest BCUT2D eigenvalue weighted by Gasteiger charge is 2.51. The Hall–Kier alpha value is -5.28. The lowest BCUT2D eigenvalue weighted by Gasteiger charge is -2.35. The minimum atomic E-state index is -1.89. The Morgan fingerprint density at radius 2 is 1.74 bits per heavy atom. The molecule has 2 unspecified atom stereocenters. The van der Waals surface area contributed by atoms with Crippen LogP contribution >= 0.6 is 21.6 Å². The number of benzene rings is 2. The van der Waals surface area contributed by atoms with Crippen molar-refractivity contribution in [3.63, 3.8) is 0 Å². The topological polar surface area (TPSA) is 150 Å². The first-order chi connectivity index (χ1) is 27.8. The van der Waals surface area contributed by atoms with Gasteiger partial charge in [-0.15, -0.1) is 0 Å². The molecule has 0 saturated heterocycles. The van der Waals surface area contributed by atoms with Crippen molar-refractivity contribution in [3.8, 4) is 22.6 Å². The van der Waals surface area contributed by atoms with Crippen molar-refractivity contribution in [3.05, 3.63) is 106 Å². The van der Waals surface area contributed by atoms with Crippen LogP contribution in [0.2, 0.25) is 0 Å². The Labute approximate surface area is 335 Å². The summed E-state index contributed by atoms with van der Waals surface area (Å²) in [6.45, 7) is 1.76. The number of pyridine rings is 2. The number of esters is 1. The third-order valence-corrected chi connectivity index (χ3v) is 13.3. The molecule has 4 aliphatic rings. The third kappa shape index (κ3) is 6.83. The summed E-state index contributed by atoms with van der Waals surface area (Å²) in [5, 5.41) is 0.955. The molecule has 3 aliphatic heterocycles. The van der Waals surface area contributed by atoms with Gasteiger partial charge in [-0.05, 0) is 70.5 Å². The summed E-state index contributed by atoms with van der Waals surface area (Å²) < 4.78 is 31.8. The number of cyclic esters (lactones) is 1. The molecule has 1 saturated carbocycles. The van der Waals surface area contributed by atoms with E-state index < -0.39 is 23.9 Å². The van der Waals surface area contributed by atoms with Crippen LogP contribution in [0.4, 0.5) is 9.59 Å². The van der Waals surface area contributed by atoms with E-state index >= 15 is 0 Å². The molecule has 0 radical (unpaired) electrons. The van der Waals surface area contributed by atoms with Crippen LogP contribution in [0.25, 0.3) is 33.5 Å². The Balaban J connectivity index is 0.807. The van der Waals surface area contributed by atoms with Crippen LogP contribution in [0, 0.1) is 5.92 Å². The number of hydrogen-bond donors (Lipinski definition) is 0. The fourth-order valence-electron chi connectivity index (χ4n) is 8.86. The molecular formula is C42H40N4O9S2. The second-order valence-corrected chi connectivity index (χ2v) is 17.1. The molecule has 5 aromatic rings. The summed E-state index contributed by atoms with van der Waals surface area (Å²) in [7, 11) is 2.28. The average molecular weight is 809 g/mol. The number of nitrogens with zero attached hydrogens (tertiary/aromatic N) is 4. The highest BCUT2D eigenvalue weighted by molar-refractivity contribution is 8.76. The van der Waals surface area contributed by atoms with E-state index in [-0.39, 0.29) is 59.7 Å². The van der Waals surface area contributed by atoms with Gasteiger partial charge in [0.15, 0.2) is 11.9 Å². The Morgan fingerprint density at radius 1 is 0.965 bits per heavy atom. The Kier molecular flexibility index (Phi) is 10.2. The minimum absolute atomic E-state index is 0.00523. The average Bonchev–Trinajstić information content (AvgIpc) is 3.93. The number of hydrogen-bond acceptors (Lipinski definition) is 13. The standard InChI is InChI=1S/C42H40N4O9S2/c1-2-42(31-17-34-37-27(16-26-12-6-9-15-32(26)44-37)20-45(34)38(47)30(31)21-51-39(42)48)55-41(50)53-24-57-56-23-52-40(49)54-36(25-10-4-3-5-11-25)18-33-28-13-7-8-14-29(28)35-19-43-22-46(33)35/h6-9,12-17,19,22,25,33,36H,2-5,10-11,18,20-21,23-24H2,1H3/t33?,36?,42-/m0/s1. The van der Waals surface area contributed by atoms with E-state index in [1.54, 1.807) is 17.6 Å². The molecule has 0 amide bonds. The number of para-hydroxylation sites is 1. The van der Waals surface area contributed by atoms with Crippen molar-refractivity contribution in [1.29, 1.82) is 0 Å². The number of aromatic nitrogens is 4. The minimum Gasteiger partial charge on any atom is -0.457 e. The molecule has 3 atom stereocenters. The zero-order valence-corrected chi connectivity index (χ0v) is 32.9. The molecule has 1 fully saturated rings. The molecule has 1 aliphatic carbocycles. The predicted molar refractivity (Wildman–Crippen MR) is 213 cm³/mol. The number of ether oxygens (including phenoxy) is 5. The molecule has 0 N–H and O–H groups in total. The summed E-state index contributed by atoms with van der Waals surface area (Å²) in [4.78, 5) is 62.5. The van der Waals surface area contributed by atoms with Crippen molar-refractivity contribution >= 4 is 50.8 Å².